The third kappa shape index (κ3) is 3.38. The number of anilines is 1. The third-order valence-electron chi connectivity index (χ3n) is 4.95. The van der Waals surface area contributed by atoms with Crippen LogP contribution in [-0.4, -0.2) is 47.8 Å². The maximum atomic E-state index is 14.3. The number of carboxylic acids is 1. The number of pyridine rings is 1. The van der Waals surface area contributed by atoms with Gasteiger partial charge in [-0.2, -0.15) is 0 Å². The molecule has 2 atom stereocenters. The van der Waals surface area contributed by atoms with E-state index in [9.17, 15) is 19.4 Å². The van der Waals surface area contributed by atoms with E-state index in [0.717, 1.165) is 6.20 Å². The summed E-state index contributed by atoms with van der Waals surface area (Å²) in [6, 6.07) is 1.29. The van der Waals surface area contributed by atoms with Crippen molar-refractivity contribution in [1.29, 1.82) is 0 Å². The first-order valence-electron chi connectivity index (χ1n) is 8.73. The molecule has 0 unspecified atom stereocenters. The quantitative estimate of drug-likeness (QED) is 0.526. The van der Waals surface area contributed by atoms with Gasteiger partial charge in [-0.25, -0.2) is 24.1 Å². The smallest absolute Gasteiger partial charge is 0.335 e. The van der Waals surface area contributed by atoms with Crippen LogP contribution < -0.4 is 5.32 Å². The Morgan fingerprint density at radius 3 is 3.00 bits per heavy atom. The van der Waals surface area contributed by atoms with E-state index in [4.69, 9.17) is 11.6 Å². The molecule has 3 aromatic heterocycles. The van der Waals surface area contributed by atoms with Crippen LogP contribution in [0.1, 0.15) is 25.7 Å². The van der Waals surface area contributed by atoms with Crippen LogP contribution in [0.5, 0.6) is 0 Å². The second-order valence-corrected chi connectivity index (χ2v) is 7.35. The highest BCUT2D eigenvalue weighted by molar-refractivity contribution is 6.31. The SMILES string of the molecule is O=C(O)[C@]1(O)CCC[C@@H](Nc2nc(-c3c[nH]c4ncc(Cl)cc34)ncc2F)C1. The lowest BCUT2D eigenvalue weighted by atomic mass is 9.82. The van der Waals surface area contributed by atoms with Gasteiger partial charge >= 0.3 is 5.97 Å². The second-order valence-electron chi connectivity index (χ2n) is 6.92. The third-order valence-corrected chi connectivity index (χ3v) is 5.16. The minimum Gasteiger partial charge on any atom is -0.479 e. The summed E-state index contributed by atoms with van der Waals surface area (Å²) >= 11 is 6.01. The van der Waals surface area contributed by atoms with Crippen LogP contribution >= 0.6 is 11.6 Å². The van der Waals surface area contributed by atoms with E-state index in [1.807, 2.05) is 0 Å². The molecule has 1 saturated carbocycles. The predicted octanol–water partition coefficient (Wildman–Crippen LogP) is 2.98. The normalized spacial score (nSPS) is 22.3. The molecule has 0 aliphatic heterocycles. The number of nitrogens with one attached hydrogen (secondary N) is 2. The summed E-state index contributed by atoms with van der Waals surface area (Å²) in [6.45, 7) is 0. The fraction of sp³-hybridized carbons (Fsp3) is 0.333. The molecule has 28 heavy (non-hydrogen) atoms. The first-order valence-corrected chi connectivity index (χ1v) is 9.11. The van der Waals surface area contributed by atoms with Gasteiger partial charge in [-0.15, -0.1) is 0 Å². The maximum Gasteiger partial charge on any atom is 0.335 e. The van der Waals surface area contributed by atoms with E-state index < -0.39 is 23.4 Å². The molecule has 146 valence electrons. The molecule has 4 rings (SSSR count). The highest BCUT2D eigenvalue weighted by atomic mass is 35.5. The molecule has 0 spiro atoms. The number of halogens is 2. The van der Waals surface area contributed by atoms with Crippen LogP contribution in [0.4, 0.5) is 10.2 Å². The zero-order chi connectivity index (χ0) is 19.9. The maximum absolute atomic E-state index is 14.3. The number of rotatable bonds is 4. The molecule has 0 bridgehead atoms. The Labute approximate surface area is 163 Å². The van der Waals surface area contributed by atoms with Crippen molar-refractivity contribution >= 4 is 34.4 Å². The molecule has 0 amide bonds. The van der Waals surface area contributed by atoms with Gasteiger partial charge in [0, 0.05) is 35.8 Å². The molecular weight excluding hydrogens is 389 g/mol. The van der Waals surface area contributed by atoms with Crippen molar-refractivity contribution in [3.63, 3.8) is 0 Å². The second kappa shape index (κ2) is 6.99. The molecule has 4 N–H and O–H groups in total. The molecule has 3 heterocycles. The summed E-state index contributed by atoms with van der Waals surface area (Å²) in [5.74, 6) is -1.72. The van der Waals surface area contributed by atoms with Crippen LogP contribution in [0.25, 0.3) is 22.4 Å². The van der Waals surface area contributed by atoms with Gasteiger partial charge in [0.25, 0.3) is 0 Å². The lowest BCUT2D eigenvalue weighted by molar-refractivity contribution is -0.162. The fourth-order valence-electron chi connectivity index (χ4n) is 3.52. The monoisotopic (exact) mass is 405 g/mol. The van der Waals surface area contributed by atoms with Gasteiger partial charge in [-0.3, -0.25) is 0 Å². The van der Waals surface area contributed by atoms with Gasteiger partial charge in [0.15, 0.2) is 23.1 Å². The molecule has 10 heteroatoms. The van der Waals surface area contributed by atoms with Gasteiger partial charge < -0.3 is 20.5 Å². The van der Waals surface area contributed by atoms with E-state index in [2.05, 4.69) is 25.3 Å². The Bertz CT molecular complexity index is 1060. The summed E-state index contributed by atoms with van der Waals surface area (Å²) in [5.41, 5.74) is -0.610. The van der Waals surface area contributed by atoms with Gasteiger partial charge in [-0.1, -0.05) is 11.6 Å². The molecule has 8 nitrogen and oxygen atoms in total. The minimum absolute atomic E-state index is 0.0340. The number of aliphatic carboxylic acids is 1. The number of hydrogen-bond acceptors (Lipinski definition) is 6. The number of hydrogen-bond donors (Lipinski definition) is 4. The Morgan fingerprint density at radius 1 is 1.39 bits per heavy atom. The molecule has 3 aromatic rings. The summed E-state index contributed by atoms with van der Waals surface area (Å²) < 4.78 is 14.3. The summed E-state index contributed by atoms with van der Waals surface area (Å²) in [6.07, 6.45) is 5.46. The zero-order valence-corrected chi connectivity index (χ0v) is 15.4. The van der Waals surface area contributed by atoms with Crippen LogP contribution in [0, 0.1) is 5.82 Å². The van der Waals surface area contributed by atoms with E-state index in [0.29, 0.717) is 34.5 Å². The van der Waals surface area contributed by atoms with E-state index >= 15 is 0 Å². The number of aliphatic hydroxyl groups is 1. The molecule has 0 aromatic carbocycles. The van der Waals surface area contributed by atoms with Crippen molar-refractivity contribution in [3.05, 3.63) is 35.5 Å². The molecule has 0 saturated heterocycles. The number of H-pyrrole nitrogens is 1. The van der Waals surface area contributed by atoms with Crippen LogP contribution in [0.3, 0.4) is 0 Å². The lowest BCUT2D eigenvalue weighted by Gasteiger charge is -2.34. The topological polar surface area (TPSA) is 124 Å². The fourth-order valence-corrected chi connectivity index (χ4v) is 3.68. The Balaban J connectivity index is 1.64. The Hall–Kier alpha value is -2.78. The first-order chi connectivity index (χ1) is 13.4. The first kappa shape index (κ1) is 18.6. The number of nitrogens with zero attached hydrogens (tertiary/aromatic N) is 3. The number of fused-ring (bicyclic) bond motifs is 1. The summed E-state index contributed by atoms with van der Waals surface area (Å²) in [4.78, 5) is 26.8. The Kier molecular flexibility index (Phi) is 4.64. The molecule has 1 aliphatic rings. The number of carboxylic acid groups (broad SMARTS) is 1. The number of carbonyl (C=O) groups is 1. The van der Waals surface area contributed by atoms with E-state index in [1.165, 1.54) is 6.20 Å². The van der Waals surface area contributed by atoms with Gasteiger partial charge in [0.05, 0.1) is 11.2 Å². The van der Waals surface area contributed by atoms with Gasteiger partial charge in [0.2, 0.25) is 0 Å². The van der Waals surface area contributed by atoms with Crippen LogP contribution in [0.15, 0.2) is 24.7 Å². The molecule has 1 fully saturated rings. The van der Waals surface area contributed by atoms with Crippen molar-refractivity contribution in [3.8, 4) is 11.4 Å². The van der Waals surface area contributed by atoms with Crippen molar-refractivity contribution in [2.45, 2.75) is 37.3 Å². The number of aromatic amines is 1. The van der Waals surface area contributed by atoms with Gasteiger partial charge in [-0.05, 0) is 25.3 Å². The van der Waals surface area contributed by atoms with Crippen LogP contribution in [-0.2, 0) is 4.79 Å². The molecular formula is C18H17ClFN5O3. The van der Waals surface area contributed by atoms with Gasteiger partial charge in [0.1, 0.15) is 5.65 Å². The predicted molar refractivity (Wildman–Crippen MR) is 101 cm³/mol. The minimum atomic E-state index is -1.82. The summed E-state index contributed by atoms with van der Waals surface area (Å²) in [7, 11) is 0. The average Bonchev–Trinajstić information content (AvgIpc) is 3.06. The summed E-state index contributed by atoms with van der Waals surface area (Å²) in [5, 5.41) is 23.5. The molecule has 0 radical (unpaired) electrons. The zero-order valence-electron chi connectivity index (χ0n) is 14.6. The van der Waals surface area contributed by atoms with Crippen molar-refractivity contribution < 1.29 is 19.4 Å². The van der Waals surface area contributed by atoms with Crippen molar-refractivity contribution in [2.24, 2.45) is 0 Å². The van der Waals surface area contributed by atoms with E-state index in [1.54, 1.807) is 12.3 Å². The molecule has 1 aliphatic carbocycles. The average molecular weight is 406 g/mol. The highest BCUT2D eigenvalue weighted by Crippen LogP contribution is 2.32. The highest BCUT2D eigenvalue weighted by Gasteiger charge is 2.41. The lowest BCUT2D eigenvalue weighted by Crippen LogP contribution is -2.46. The van der Waals surface area contributed by atoms with Crippen LogP contribution in [0.2, 0.25) is 5.02 Å². The largest absolute Gasteiger partial charge is 0.479 e. The number of aromatic nitrogens is 4. The van der Waals surface area contributed by atoms with E-state index in [-0.39, 0.29) is 24.5 Å². The standard InChI is InChI=1S/C18H17ClFN5O3/c19-9-4-11-12(7-22-14(11)21-6-9)15-23-8-13(20)16(25-15)24-10-2-1-3-18(28,5-10)17(26)27/h4,6-8,10,28H,1-3,5H2,(H,21,22)(H,26,27)(H,23,24,25)/t10-,18+/m1/s1. The Morgan fingerprint density at radius 2 is 2.21 bits per heavy atom. The van der Waals surface area contributed by atoms with Crippen molar-refractivity contribution in [1.82, 2.24) is 19.9 Å². The van der Waals surface area contributed by atoms with Crippen molar-refractivity contribution in [2.75, 3.05) is 5.32 Å².